The van der Waals surface area contributed by atoms with E-state index < -0.39 is 4.92 Å². The second kappa shape index (κ2) is 15.0. The molecule has 0 aliphatic heterocycles. The number of nitro benzene ring substituents is 1. The molecule has 0 bridgehead atoms. The van der Waals surface area contributed by atoms with E-state index >= 15 is 0 Å². The molecule has 1 heterocycles. The van der Waals surface area contributed by atoms with E-state index in [0.717, 1.165) is 25.7 Å². The zero-order chi connectivity index (χ0) is 28.2. The Bertz CT molecular complexity index is 1300. The van der Waals surface area contributed by atoms with E-state index in [2.05, 4.69) is 46.8 Å². The number of aryl methyl sites for hydroxylation is 1. The van der Waals surface area contributed by atoms with Gasteiger partial charge in [0.1, 0.15) is 13.2 Å². The standard InChI is InChI=1S/C31H42N2O5/c1-8-32-28-21-26(33(35)36)15-16-27(28)29(37-19-17-24(6)13-9-11-22(2)3)30(31(32)34)38-20-18-25(7)14-10-12-23(4)5/h11-12,15-18,21H,8-10,13-14,19-20H2,1-7H3/b24-17+,25-18+. The van der Waals surface area contributed by atoms with Gasteiger partial charge in [-0.05, 0) is 92.4 Å². The fraction of sp³-hybridized carbons (Fsp3) is 0.452. The number of non-ortho nitro benzene ring substituents is 1. The number of fused-ring (bicyclic) bond motifs is 1. The number of ether oxygens (including phenoxy) is 2. The van der Waals surface area contributed by atoms with Crippen LogP contribution in [0.1, 0.15) is 74.1 Å². The largest absolute Gasteiger partial charge is 0.485 e. The Labute approximate surface area is 226 Å². The number of rotatable bonds is 14. The predicted molar refractivity (Wildman–Crippen MR) is 156 cm³/mol. The zero-order valence-electron chi connectivity index (χ0n) is 23.9. The van der Waals surface area contributed by atoms with Crippen LogP contribution in [0.5, 0.6) is 11.5 Å². The molecule has 1 aromatic heterocycles. The minimum atomic E-state index is -0.462. The summed E-state index contributed by atoms with van der Waals surface area (Å²) < 4.78 is 13.7. The van der Waals surface area contributed by atoms with E-state index in [9.17, 15) is 14.9 Å². The molecule has 0 saturated heterocycles. The number of hydrogen-bond acceptors (Lipinski definition) is 5. The van der Waals surface area contributed by atoms with Crippen molar-refractivity contribution in [3.63, 3.8) is 0 Å². The number of nitrogens with zero attached hydrogens (tertiary/aromatic N) is 2. The highest BCUT2D eigenvalue weighted by atomic mass is 16.6. The van der Waals surface area contributed by atoms with Gasteiger partial charge in [-0.15, -0.1) is 0 Å². The van der Waals surface area contributed by atoms with Crippen LogP contribution in [0.25, 0.3) is 10.9 Å². The molecule has 0 aliphatic carbocycles. The van der Waals surface area contributed by atoms with E-state index in [1.54, 1.807) is 6.07 Å². The van der Waals surface area contributed by atoms with Crippen LogP contribution < -0.4 is 15.0 Å². The summed E-state index contributed by atoms with van der Waals surface area (Å²) in [5.41, 5.74) is 4.93. The number of nitro groups is 1. The monoisotopic (exact) mass is 522 g/mol. The fourth-order valence-corrected chi connectivity index (χ4v) is 4.00. The Morgan fingerprint density at radius 1 is 0.868 bits per heavy atom. The third kappa shape index (κ3) is 9.05. The number of benzene rings is 1. The highest BCUT2D eigenvalue weighted by molar-refractivity contribution is 5.89. The smallest absolute Gasteiger partial charge is 0.297 e. The lowest BCUT2D eigenvalue weighted by atomic mass is 10.1. The van der Waals surface area contributed by atoms with Gasteiger partial charge in [-0.25, -0.2) is 0 Å². The summed E-state index contributed by atoms with van der Waals surface area (Å²) in [6.45, 7) is 15.1. The van der Waals surface area contributed by atoms with Crippen molar-refractivity contribution in [1.29, 1.82) is 0 Å². The van der Waals surface area contributed by atoms with Gasteiger partial charge in [-0.3, -0.25) is 14.9 Å². The van der Waals surface area contributed by atoms with Crippen molar-refractivity contribution in [2.45, 2.75) is 80.7 Å². The van der Waals surface area contributed by atoms with E-state index in [0.29, 0.717) is 23.2 Å². The lowest BCUT2D eigenvalue weighted by Gasteiger charge is -2.17. The van der Waals surface area contributed by atoms with E-state index in [1.165, 1.54) is 39.0 Å². The van der Waals surface area contributed by atoms with Crippen LogP contribution in [0, 0.1) is 10.1 Å². The minimum absolute atomic E-state index is 0.0799. The average Bonchev–Trinajstić information content (AvgIpc) is 2.84. The maximum atomic E-state index is 13.5. The third-order valence-corrected chi connectivity index (χ3v) is 6.19. The SMILES string of the molecule is CCn1c(=O)c(OC/C=C(\C)CCC=C(C)C)c(OC/C=C(\C)CCC=C(C)C)c2ccc([N+](=O)[O-])cc21. The topological polar surface area (TPSA) is 83.6 Å². The Kier molecular flexibility index (Phi) is 12.1. The van der Waals surface area contributed by atoms with E-state index in [-0.39, 0.29) is 30.2 Å². The van der Waals surface area contributed by atoms with Gasteiger partial charge < -0.3 is 14.0 Å². The predicted octanol–water partition coefficient (Wildman–Crippen LogP) is 8.07. The molecule has 0 fully saturated rings. The number of pyridine rings is 1. The Morgan fingerprint density at radius 3 is 1.87 bits per heavy atom. The number of aromatic nitrogens is 1. The Morgan fingerprint density at radius 2 is 1.39 bits per heavy atom. The summed E-state index contributed by atoms with van der Waals surface area (Å²) in [5, 5.41) is 12.0. The summed E-state index contributed by atoms with van der Waals surface area (Å²) in [6, 6.07) is 4.48. The number of allylic oxidation sites excluding steroid dienone is 6. The fourth-order valence-electron chi connectivity index (χ4n) is 4.00. The van der Waals surface area contributed by atoms with E-state index in [4.69, 9.17) is 9.47 Å². The molecule has 0 N–H and O–H groups in total. The van der Waals surface area contributed by atoms with Gasteiger partial charge in [-0.2, -0.15) is 0 Å². The van der Waals surface area contributed by atoms with Gasteiger partial charge in [0.15, 0.2) is 5.75 Å². The molecule has 7 heteroatoms. The summed E-state index contributed by atoms with van der Waals surface area (Å²) in [4.78, 5) is 24.4. The van der Waals surface area contributed by atoms with Crippen molar-refractivity contribution in [2.75, 3.05) is 13.2 Å². The first-order chi connectivity index (χ1) is 18.0. The van der Waals surface area contributed by atoms with Crippen LogP contribution in [-0.4, -0.2) is 22.7 Å². The molecule has 0 amide bonds. The van der Waals surface area contributed by atoms with Crippen LogP contribution >= 0.6 is 0 Å². The molecular weight excluding hydrogens is 480 g/mol. The van der Waals surface area contributed by atoms with Crippen LogP contribution in [0.3, 0.4) is 0 Å². The molecule has 38 heavy (non-hydrogen) atoms. The summed E-state index contributed by atoms with van der Waals surface area (Å²) in [7, 11) is 0. The maximum absolute atomic E-state index is 13.5. The first-order valence-corrected chi connectivity index (χ1v) is 13.2. The minimum Gasteiger partial charge on any atom is -0.485 e. The zero-order valence-corrected chi connectivity index (χ0v) is 23.9. The molecule has 2 rings (SSSR count). The Balaban J connectivity index is 2.43. The summed E-state index contributed by atoms with van der Waals surface area (Å²) >= 11 is 0. The summed E-state index contributed by atoms with van der Waals surface area (Å²) in [6.07, 6.45) is 12.1. The van der Waals surface area contributed by atoms with Crippen LogP contribution in [0.2, 0.25) is 0 Å². The van der Waals surface area contributed by atoms with Gasteiger partial charge in [0, 0.05) is 24.1 Å². The molecule has 0 saturated carbocycles. The van der Waals surface area contributed by atoms with Crippen molar-refractivity contribution < 1.29 is 14.4 Å². The highest BCUT2D eigenvalue weighted by Crippen LogP contribution is 2.35. The normalized spacial score (nSPS) is 11.9. The average molecular weight is 523 g/mol. The molecule has 0 aliphatic rings. The highest BCUT2D eigenvalue weighted by Gasteiger charge is 2.21. The second-order valence-corrected chi connectivity index (χ2v) is 10.0. The Hall–Kier alpha value is -3.61. The lowest BCUT2D eigenvalue weighted by molar-refractivity contribution is -0.384. The quantitative estimate of drug-likeness (QED) is 0.142. The van der Waals surface area contributed by atoms with E-state index in [1.807, 2.05) is 26.0 Å². The van der Waals surface area contributed by atoms with Crippen molar-refractivity contribution in [3.8, 4) is 11.5 Å². The van der Waals surface area contributed by atoms with Crippen molar-refractivity contribution in [3.05, 3.63) is 85.3 Å². The molecule has 1 aromatic carbocycles. The molecule has 0 unspecified atom stereocenters. The molecule has 206 valence electrons. The van der Waals surface area contributed by atoms with Gasteiger partial charge in [-0.1, -0.05) is 34.4 Å². The molecule has 0 radical (unpaired) electrons. The first kappa shape index (κ1) is 30.6. The van der Waals surface area contributed by atoms with Gasteiger partial charge >= 0.3 is 0 Å². The third-order valence-electron chi connectivity index (χ3n) is 6.19. The van der Waals surface area contributed by atoms with Crippen molar-refractivity contribution in [1.82, 2.24) is 4.57 Å². The molecule has 2 aromatic rings. The second-order valence-electron chi connectivity index (χ2n) is 10.0. The van der Waals surface area contributed by atoms with Crippen molar-refractivity contribution >= 4 is 16.6 Å². The molecular formula is C31H42N2O5. The first-order valence-electron chi connectivity index (χ1n) is 13.2. The summed E-state index contributed by atoms with van der Waals surface area (Å²) in [5.74, 6) is 0.436. The van der Waals surface area contributed by atoms with Crippen molar-refractivity contribution in [2.24, 2.45) is 0 Å². The van der Waals surface area contributed by atoms with Gasteiger partial charge in [0.25, 0.3) is 11.2 Å². The number of hydrogen-bond donors (Lipinski definition) is 0. The van der Waals surface area contributed by atoms with Gasteiger partial charge in [0.2, 0.25) is 5.75 Å². The van der Waals surface area contributed by atoms with Crippen LogP contribution in [0.4, 0.5) is 5.69 Å². The molecule has 0 spiro atoms. The molecule has 7 nitrogen and oxygen atoms in total. The van der Waals surface area contributed by atoms with Crippen LogP contribution in [0.15, 0.2) is 69.6 Å². The molecule has 0 atom stereocenters. The maximum Gasteiger partial charge on any atom is 0.297 e. The lowest BCUT2D eigenvalue weighted by Crippen LogP contribution is -2.23. The van der Waals surface area contributed by atoms with Crippen LogP contribution in [-0.2, 0) is 6.54 Å². The van der Waals surface area contributed by atoms with Gasteiger partial charge in [0.05, 0.1) is 10.4 Å².